The van der Waals surface area contributed by atoms with Crippen LogP contribution in [0.4, 0.5) is 5.69 Å². The molecule has 0 radical (unpaired) electrons. The van der Waals surface area contributed by atoms with Gasteiger partial charge in [0.05, 0.1) is 17.6 Å². The Labute approximate surface area is 146 Å². The van der Waals surface area contributed by atoms with Crippen LogP contribution < -0.4 is 4.72 Å². The molecule has 0 bridgehead atoms. The Hall–Kier alpha value is -2.87. The highest BCUT2D eigenvalue weighted by Crippen LogP contribution is 2.18. The second kappa shape index (κ2) is 7.35. The van der Waals surface area contributed by atoms with Crippen LogP contribution in [0.1, 0.15) is 20.7 Å². The third kappa shape index (κ3) is 4.36. The third-order valence-electron chi connectivity index (χ3n) is 3.35. The molecule has 1 N–H and O–H groups in total. The third-order valence-corrected chi connectivity index (χ3v) is 4.75. The van der Waals surface area contributed by atoms with E-state index in [4.69, 9.17) is 0 Å². The number of carbonyl (C=O) groups excluding carboxylic acids is 2. The first-order valence-electron chi connectivity index (χ1n) is 7.27. The number of rotatable bonds is 5. The minimum atomic E-state index is -3.85. The molecule has 25 heavy (non-hydrogen) atoms. The van der Waals surface area contributed by atoms with Crippen molar-refractivity contribution >= 4 is 27.6 Å². The molecule has 0 saturated heterocycles. The molecule has 0 heterocycles. The van der Waals surface area contributed by atoms with Gasteiger partial charge in [-0.05, 0) is 42.5 Å². The van der Waals surface area contributed by atoms with Gasteiger partial charge in [0.25, 0.3) is 15.9 Å². The second-order valence-electron chi connectivity index (χ2n) is 5.40. The molecule has 7 nitrogen and oxygen atoms in total. The lowest BCUT2D eigenvalue weighted by atomic mass is 10.2. The Morgan fingerprint density at radius 3 is 2.20 bits per heavy atom. The molecule has 2 rings (SSSR count). The average Bonchev–Trinajstić information content (AvgIpc) is 2.60. The van der Waals surface area contributed by atoms with Crippen LogP contribution in [0.2, 0.25) is 0 Å². The fourth-order valence-electron chi connectivity index (χ4n) is 2.08. The molecule has 0 aliphatic heterocycles. The molecule has 0 saturated carbocycles. The van der Waals surface area contributed by atoms with Gasteiger partial charge in [-0.3, -0.25) is 9.52 Å². The molecule has 2 aromatic rings. The maximum atomic E-state index is 12.4. The Bertz CT molecular complexity index is 890. The van der Waals surface area contributed by atoms with Gasteiger partial charge in [-0.25, -0.2) is 13.2 Å². The molecule has 0 fully saturated rings. The van der Waals surface area contributed by atoms with E-state index in [-0.39, 0.29) is 22.1 Å². The summed E-state index contributed by atoms with van der Waals surface area (Å²) in [6, 6.07) is 11.6. The minimum Gasteiger partial charge on any atom is -0.465 e. The van der Waals surface area contributed by atoms with E-state index in [1.807, 2.05) is 0 Å². The Morgan fingerprint density at radius 1 is 1.00 bits per heavy atom. The number of carbonyl (C=O) groups is 2. The van der Waals surface area contributed by atoms with Crippen molar-refractivity contribution in [2.75, 3.05) is 25.9 Å². The van der Waals surface area contributed by atoms with Gasteiger partial charge in [0.2, 0.25) is 0 Å². The van der Waals surface area contributed by atoms with Crippen molar-refractivity contribution in [2.45, 2.75) is 4.90 Å². The fraction of sp³-hybridized carbons (Fsp3) is 0.176. The van der Waals surface area contributed by atoms with Crippen LogP contribution in [0.25, 0.3) is 0 Å². The van der Waals surface area contributed by atoms with Gasteiger partial charge >= 0.3 is 5.97 Å². The van der Waals surface area contributed by atoms with E-state index >= 15 is 0 Å². The van der Waals surface area contributed by atoms with Gasteiger partial charge in [0.15, 0.2) is 0 Å². The van der Waals surface area contributed by atoms with E-state index in [2.05, 4.69) is 9.46 Å². The summed E-state index contributed by atoms with van der Waals surface area (Å²) in [4.78, 5) is 24.8. The molecule has 0 aliphatic carbocycles. The number of esters is 1. The molecule has 0 unspecified atom stereocenters. The minimum absolute atomic E-state index is 0.00973. The standard InChI is InChI=1S/C17H18N2O5S/c1-19(2)16(20)13-5-4-6-14(11-13)18-25(22,23)15-9-7-12(8-10-15)17(21)24-3/h4-11,18H,1-3H3. The van der Waals surface area contributed by atoms with E-state index in [0.717, 1.165) is 0 Å². The predicted molar refractivity (Wildman–Crippen MR) is 93.0 cm³/mol. The van der Waals surface area contributed by atoms with Crippen molar-refractivity contribution < 1.29 is 22.7 Å². The number of ether oxygens (including phenoxy) is 1. The van der Waals surface area contributed by atoms with E-state index in [1.165, 1.54) is 42.3 Å². The lowest BCUT2D eigenvalue weighted by Gasteiger charge is -2.12. The Morgan fingerprint density at radius 2 is 1.64 bits per heavy atom. The molecule has 8 heteroatoms. The number of sulfonamides is 1. The zero-order valence-electron chi connectivity index (χ0n) is 14.0. The van der Waals surface area contributed by atoms with Crippen LogP contribution in [-0.4, -0.2) is 46.4 Å². The highest BCUT2D eigenvalue weighted by molar-refractivity contribution is 7.92. The number of anilines is 1. The van der Waals surface area contributed by atoms with Crippen LogP contribution in [-0.2, 0) is 14.8 Å². The van der Waals surface area contributed by atoms with E-state index in [0.29, 0.717) is 5.56 Å². The summed E-state index contributed by atoms with van der Waals surface area (Å²) >= 11 is 0. The molecular formula is C17H18N2O5S. The van der Waals surface area contributed by atoms with E-state index in [9.17, 15) is 18.0 Å². The smallest absolute Gasteiger partial charge is 0.337 e. The highest BCUT2D eigenvalue weighted by atomic mass is 32.2. The van der Waals surface area contributed by atoms with Gasteiger partial charge in [0, 0.05) is 25.3 Å². The van der Waals surface area contributed by atoms with Crippen molar-refractivity contribution in [3.8, 4) is 0 Å². The zero-order valence-corrected chi connectivity index (χ0v) is 14.8. The van der Waals surface area contributed by atoms with Crippen LogP contribution in [0.5, 0.6) is 0 Å². The largest absolute Gasteiger partial charge is 0.465 e. The summed E-state index contributed by atoms with van der Waals surface area (Å²) in [5.74, 6) is -0.782. The van der Waals surface area contributed by atoms with Gasteiger partial charge in [0.1, 0.15) is 0 Å². The topological polar surface area (TPSA) is 92.8 Å². The van der Waals surface area contributed by atoms with Crippen molar-refractivity contribution in [2.24, 2.45) is 0 Å². The number of benzene rings is 2. The SMILES string of the molecule is COC(=O)c1ccc(S(=O)(=O)Nc2cccc(C(=O)N(C)C)c2)cc1. The maximum absolute atomic E-state index is 12.4. The van der Waals surface area contributed by atoms with Gasteiger partial charge in [-0.2, -0.15) is 0 Å². The van der Waals surface area contributed by atoms with Crippen molar-refractivity contribution in [1.29, 1.82) is 0 Å². The lowest BCUT2D eigenvalue weighted by Crippen LogP contribution is -2.22. The number of nitrogens with zero attached hydrogens (tertiary/aromatic N) is 1. The van der Waals surface area contributed by atoms with Crippen molar-refractivity contribution in [3.63, 3.8) is 0 Å². The Kier molecular flexibility index (Phi) is 5.43. The molecule has 1 amide bonds. The first-order chi connectivity index (χ1) is 11.7. The average molecular weight is 362 g/mol. The molecule has 132 valence electrons. The monoisotopic (exact) mass is 362 g/mol. The van der Waals surface area contributed by atoms with E-state index in [1.54, 1.807) is 32.3 Å². The zero-order chi connectivity index (χ0) is 18.6. The van der Waals surface area contributed by atoms with Gasteiger partial charge < -0.3 is 9.64 Å². The number of amides is 1. The molecule has 0 aliphatic rings. The van der Waals surface area contributed by atoms with Crippen LogP contribution >= 0.6 is 0 Å². The summed E-state index contributed by atoms with van der Waals surface area (Å²) in [7, 11) is 0.621. The van der Waals surface area contributed by atoms with Crippen LogP contribution in [0, 0.1) is 0 Å². The molecular weight excluding hydrogens is 344 g/mol. The summed E-state index contributed by atoms with van der Waals surface area (Å²) in [5, 5.41) is 0. The predicted octanol–water partition coefficient (Wildman–Crippen LogP) is 1.98. The second-order valence-corrected chi connectivity index (χ2v) is 7.08. The number of hydrogen-bond acceptors (Lipinski definition) is 5. The van der Waals surface area contributed by atoms with Gasteiger partial charge in [-0.1, -0.05) is 6.07 Å². The molecule has 2 aromatic carbocycles. The number of methoxy groups -OCH3 is 1. The summed E-state index contributed by atoms with van der Waals surface area (Å²) < 4.78 is 31.9. The lowest BCUT2D eigenvalue weighted by molar-refractivity contribution is 0.0600. The normalized spacial score (nSPS) is 10.8. The first kappa shape index (κ1) is 18.5. The maximum Gasteiger partial charge on any atom is 0.337 e. The summed E-state index contributed by atoms with van der Waals surface area (Å²) in [5.41, 5.74) is 0.885. The fourth-order valence-corrected chi connectivity index (χ4v) is 3.13. The Balaban J connectivity index is 2.25. The van der Waals surface area contributed by atoms with Crippen LogP contribution in [0.3, 0.4) is 0 Å². The quantitative estimate of drug-likeness (QED) is 0.821. The van der Waals surface area contributed by atoms with Crippen LogP contribution in [0.15, 0.2) is 53.4 Å². The van der Waals surface area contributed by atoms with E-state index < -0.39 is 16.0 Å². The number of nitrogens with one attached hydrogen (secondary N) is 1. The van der Waals surface area contributed by atoms with Gasteiger partial charge in [-0.15, -0.1) is 0 Å². The summed E-state index contributed by atoms with van der Waals surface area (Å²) in [6.07, 6.45) is 0. The highest BCUT2D eigenvalue weighted by Gasteiger charge is 2.16. The molecule has 0 spiro atoms. The summed E-state index contributed by atoms with van der Waals surface area (Å²) in [6.45, 7) is 0. The molecule has 0 aromatic heterocycles. The van der Waals surface area contributed by atoms with Crippen molar-refractivity contribution in [1.82, 2.24) is 4.90 Å². The molecule has 0 atom stereocenters. The van der Waals surface area contributed by atoms with Crippen molar-refractivity contribution in [3.05, 3.63) is 59.7 Å². The first-order valence-corrected chi connectivity index (χ1v) is 8.76. The number of hydrogen-bond donors (Lipinski definition) is 1.